The molecule has 0 aliphatic heterocycles. The minimum Gasteiger partial charge on any atom is -0.452 e. The molecule has 0 aliphatic rings. The molecule has 19 heavy (non-hydrogen) atoms. The van der Waals surface area contributed by atoms with E-state index in [1.165, 1.54) is 0 Å². The van der Waals surface area contributed by atoms with E-state index in [4.69, 9.17) is 10.5 Å². The number of nitrogens with two attached hydrogens (primary N) is 1. The quantitative estimate of drug-likeness (QED) is 0.672. The highest BCUT2D eigenvalue weighted by molar-refractivity contribution is 5.94. The van der Waals surface area contributed by atoms with Crippen LogP contribution in [0.5, 0.6) is 5.75 Å². The summed E-state index contributed by atoms with van der Waals surface area (Å²) in [6.07, 6.45) is 1.63. The van der Waals surface area contributed by atoms with Gasteiger partial charge in [-0.05, 0) is 30.7 Å². The van der Waals surface area contributed by atoms with E-state index in [0.717, 1.165) is 11.1 Å². The minimum atomic E-state index is -0.593. The number of carbonyl (C=O) groups is 1. The number of benzene rings is 2. The van der Waals surface area contributed by atoms with E-state index < -0.39 is 5.91 Å². The van der Waals surface area contributed by atoms with Gasteiger partial charge in [0.25, 0.3) is 5.91 Å². The van der Waals surface area contributed by atoms with Gasteiger partial charge in [0, 0.05) is 0 Å². The van der Waals surface area contributed by atoms with Crippen molar-refractivity contribution in [2.75, 3.05) is 0 Å². The first-order valence-electron chi connectivity index (χ1n) is 5.96. The summed E-state index contributed by atoms with van der Waals surface area (Å²) >= 11 is 0. The van der Waals surface area contributed by atoms with Crippen molar-refractivity contribution in [3.8, 4) is 5.75 Å². The lowest BCUT2D eigenvalue weighted by Crippen LogP contribution is -2.18. The fraction of sp³-hybridized carbons (Fsp3) is 0.0625. The molecule has 0 aromatic heterocycles. The van der Waals surface area contributed by atoms with Gasteiger partial charge in [0.05, 0.1) is 0 Å². The van der Waals surface area contributed by atoms with Crippen molar-refractivity contribution in [2.24, 2.45) is 5.73 Å². The number of rotatable bonds is 4. The summed E-state index contributed by atoms with van der Waals surface area (Å²) < 4.78 is 5.52. The molecule has 2 rings (SSSR count). The third-order valence-electron chi connectivity index (χ3n) is 2.59. The Labute approximate surface area is 112 Å². The lowest BCUT2D eigenvalue weighted by atomic mass is 10.2. The summed E-state index contributed by atoms with van der Waals surface area (Å²) in [6, 6.07) is 16.9. The molecule has 2 aromatic rings. The highest BCUT2D eigenvalue weighted by Crippen LogP contribution is 2.16. The number of primary amides is 1. The fourth-order valence-electron chi connectivity index (χ4n) is 1.58. The second-order valence-corrected chi connectivity index (χ2v) is 4.20. The number of carbonyl (C=O) groups excluding carboxylic acids is 1. The van der Waals surface area contributed by atoms with Crippen LogP contribution >= 0.6 is 0 Å². The third kappa shape index (κ3) is 3.71. The Hall–Kier alpha value is -2.55. The molecule has 3 nitrogen and oxygen atoms in total. The van der Waals surface area contributed by atoms with Gasteiger partial charge in [0.1, 0.15) is 5.75 Å². The lowest BCUT2D eigenvalue weighted by molar-refractivity contribution is -0.116. The van der Waals surface area contributed by atoms with Crippen LogP contribution in [0.1, 0.15) is 11.1 Å². The number of hydrogen-bond acceptors (Lipinski definition) is 2. The second kappa shape index (κ2) is 5.87. The first-order chi connectivity index (χ1) is 9.15. The largest absolute Gasteiger partial charge is 0.452 e. The molecule has 0 saturated heterocycles. The summed E-state index contributed by atoms with van der Waals surface area (Å²) in [4.78, 5) is 11.4. The van der Waals surface area contributed by atoms with Crippen LogP contribution in [0.25, 0.3) is 6.08 Å². The van der Waals surface area contributed by atoms with Gasteiger partial charge in [-0.1, -0.05) is 48.0 Å². The molecular formula is C16H15NO2. The summed E-state index contributed by atoms with van der Waals surface area (Å²) in [5.41, 5.74) is 7.32. The third-order valence-corrected chi connectivity index (χ3v) is 2.59. The number of ether oxygens (including phenoxy) is 1. The summed E-state index contributed by atoms with van der Waals surface area (Å²) in [7, 11) is 0. The molecule has 2 N–H and O–H groups in total. The molecule has 0 radical (unpaired) electrons. The van der Waals surface area contributed by atoms with Crippen LogP contribution in [0.2, 0.25) is 0 Å². The number of amides is 1. The molecule has 1 amide bonds. The summed E-state index contributed by atoms with van der Waals surface area (Å²) in [5, 5.41) is 0. The van der Waals surface area contributed by atoms with Crippen LogP contribution in [0.4, 0.5) is 0 Å². The van der Waals surface area contributed by atoms with Crippen molar-refractivity contribution in [1.29, 1.82) is 0 Å². The van der Waals surface area contributed by atoms with E-state index in [1.807, 2.05) is 49.4 Å². The van der Waals surface area contributed by atoms with Gasteiger partial charge < -0.3 is 10.5 Å². The molecule has 0 heterocycles. The van der Waals surface area contributed by atoms with E-state index in [0.29, 0.717) is 5.75 Å². The van der Waals surface area contributed by atoms with Crippen molar-refractivity contribution in [2.45, 2.75) is 6.92 Å². The number of hydrogen-bond donors (Lipinski definition) is 1. The number of aryl methyl sites for hydroxylation is 1. The Morgan fingerprint density at radius 3 is 2.26 bits per heavy atom. The maximum absolute atomic E-state index is 11.4. The van der Waals surface area contributed by atoms with E-state index in [1.54, 1.807) is 18.2 Å². The first-order valence-corrected chi connectivity index (χ1v) is 5.96. The van der Waals surface area contributed by atoms with E-state index in [9.17, 15) is 4.79 Å². The predicted molar refractivity (Wildman–Crippen MR) is 75.4 cm³/mol. The molecule has 2 aromatic carbocycles. The zero-order chi connectivity index (χ0) is 13.7. The summed E-state index contributed by atoms with van der Waals surface area (Å²) in [6.45, 7) is 1.98. The van der Waals surface area contributed by atoms with Crippen molar-refractivity contribution in [1.82, 2.24) is 0 Å². The normalized spacial score (nSPS) is 11.1. The van der Waals surface area contributed by atoms with Gasteiger partial charge >= 0.3 is 0 Å². The highest BCUT2D eigenvalue weighted by Gasteiger charge is 2.08. The zero-order valence-electron chi connectivity index (χ0n) is 10.7. The second-order valence-electron chi connectivity index (χ2n) is 4.20. The molecular weight excluding hydrogens is 238 g/mol. The molecule has 0 atom stereocenters. The Bertz CT molecular complexity index is 586. The van der Waals surface area contributed by atoms with Gasteiger partial charge in [0.15, 0.2) is 5.76 Å². The fourth-order valence-corrected chi connectivity index (χ4v) is 1.58. The topological polar surface area (TPSA) is 52.3 Å². The first kappa shape index (κ1) is 12.9. The lowest BCUT2D eigenvalue weighted by Gasteiger charge is -2.07. The average molecular weight is 253 g/mol. The molecule has 0 bridgehead atoms. The predicted octanol–water partition coefficient (Wildman–Crippen LogP) is 2.90. The van der Waals surface area contributed by atoms with Gasteiger partial charge in [-0.15, -0.1) is 0 Å². The Morgan fingerprint density at radius 2 is 1.68 bits per heavy atom. The maximum atomic E-state index is 11.4. The Morgan fingerprint density at radius 1 is 1.05 bits per heavy atom. The van der Waals surface area contributed by atoms with Crippen LogP contribution in [-0.2, 0) is 4.79 Å². The van der Waals surface area contributed by atoms with Crippen molar-refractivity contribution < 1.29 is 9.53 Å². The van der Waals surface area contributed by atoms with E-state index in [2.05, 4.69) is 0 Å². The van der Waals surface area contributed by atoms with Crippen molar-refractivity contribution in [3.05, 3.63) is 71.5 Å². The molecule has 0 saturated carbocycles. The van der Waals surface area contributed by atoms with Gasteiger partial charge in [-0.2, -0.15) is 0 Å². The Balaban J connectivity index is 2.24. The molecule has 0 spiro atoms. The highest BCUT2D eigenvalue weighted by atomic mass is 16.5. The van der Waals surface area contributed by atoms with E-state index >= 15 is 0 Å². The standard InChI is InChI=1S/C16H15NO2/c1-12-7-9-14(10-8-12)19-15(16(17)18)11-13-5-3-2-4-6-13/h2-11H,1H3,(H2,17,18)/b15-11-. The minimum absolute atomic E-state index is 0.120. The summed E-state index contributed by atoms with van der Waals surface area (Å²) in [5.74, 6) is 0.117. The average Bonchev–Trinajstić information content (AvgIpc) is 2.41. The van der Waals surface area contributed by atoms with Crippen LogP contribution in [0.3, 0.4) is 0 Å². The molecule has 0 fully saturated rings. The maximum Gasteiger partial charge on any atom is 0.284 e. The smallest absolute Gasteiger partial charge is 0.284 e. The van der Waals surface area contributed by atoms with Crippen LogP contribution in [-0.4, -0.2) is 5.91 Å². The Kier molecular flexibility index (Phi) is 3.98. The molecule has 3 heteroatoms. The molecule has 0 unspecified atom stereocenters. The molecule has 0 aliphatic carbocycles. The van der Waals surface area contributed by atoms with Crippen LogP contribution in [0.15, 0.2) is 60.4 Å². The molecule has 96 valence electrons. The van der Waals surface area contributed by atoms with Gasteiger partial charge in [-0.3, -0.25) is 4.79 Å². The SMILES string of the molecule is Cc1ccc(O/C(=C\c2ccccc2)C(N)=O)cc1. The van der Waals surface area contributed by atoms with E-state index in [-0.39, 0.29) is 5.76 Å². The van der Waals surface area contributed by atoms with Gasteiger partial charge in [-0.25, -0.2) is 0 Å². The van der Waals surface area contributed by atoms with Crippen LogP contribution < -0.4 is 10.5 Å². The van der Waals surface area contributed by atoms with Crippen molar-refractivity contribution >= 4 is 12.0 Å². The van der Waals surface area contributed by atoms with Crippen molar-refractivity contribution in [3.63, 3.8) is 0 Å². The monoisotopic (exact) mass is 253 g/mol. The zero-order valence-corrected chi connectivity index (χ0v) is 10.7. The van der Waals surface area contributed by atoms with Gasteiger partial charge in [0.2, 0.25) is 0 Å². The van der Waals surface area contributed by atoms with Crippen LogP contribution in [0, 0.1) is 6.92 Å².